The monoisotopic (exact) mass is 227 g/mol. The molecule has 0 heterocycles. The summed E-state index contributed by atoms with van der Waals surface area (Å²) >= 11 is 5.80. The van der Waals surface area contributed by atoms with E-state index < -0.39 is 0 Å². The molecule has 1 rings (SSSR count). The lowest BCUT2D eigenvalue weighted by Gasteiger charge is -2.15. The van der Waals surface area contributed by atoms with Gasteiger partial charge in [0.15, 0.2) is 0 Å². The number of rotatable bonds is 5. The highest BCUT2D eigenvalue weighted by molar-refractivity contribution is 6.30. The van der Waals surface area contributed by atoms with Crippen molar-refractivity contribution in [3.05, 3.63) is 34.9 Å². The molecule has 3 heteroatoms. The Hall–Kier alpha value is -0.570. The van der Waals surface area contributed by atoms with Crippen LogP contribution < -0.4 is 5.32 Å². The lowest BCUT2D eigenvalue weighted by molar-refractivity contribution is 0.187. The molecule has 0 saturated carbocycles. The van der Waals surface area contributed by atoms with E-state index in [1.165, 1.54) is 5.56 Å². The van der Waals surface area contributed by atoms with Crippen molar-refractivity contribution >= 4 is 11.6 Å². The average molecular weight is 228 g/mol. The van der Waals surface area contributed by atoms with Gasteiger partial charge in [-0.2, -0.15) is 0 Å². The van der Waals surface area contributed by atoms with E-state index >= 15 is 0 Å². The van der Waals surface area contributed by atoms with Gasteiger partial charge in [0, 0.05) is 17.6 Å². The lowest BCUT2D eigenvalue weighted by Crippen LogP contribution is -2.33. The maximum atomic E-state index is 9.12. The quantitative estimate of drug-likeness (QED) is 0.809. The second-order valence-corrected chi connectivity index (χ2v) is 4.43. The maximum Gasteiger partial charge on any atom is 0.0636 e. The van der Waals surface area contributed by atoms with Gasteiger partial charge in [-0.15, -0.1) is 0 Å². The maximum absolute atomic E-state index is 9.12. The molecule has 0 amide bonds. The Kier molecular flexibility index (Phi) is 5.09. The second kappa shape index (κ2) is 6.11. The molecule has 0 bridgehead atoms. The van der Waals surface area contributed by atoms with Crippen molar-refractivity contribution in [3.8, 4) is 0 Å². The van der Waals surface area contributed by atoms with E-state index in [4.69, 9.17) is 16.7 Å². The average Bonchev–Trinajstić information content (AvgIpc) is 2.19. The third-order valence-corrected chi connectivity index (χ3v) is 2.47. The molecule has 2 nitrogen and oxygen atoms in total. The fraction of sp³-hybridized carbons (Fsp3) is 0.500. The van der Waals surface area contributed by atoms with Gasteiger partial charge in [0.2, 0.25) is 0 Å². The zero-order valence-corrected chi connectivity index (χ0v) is 9.96. The Labute approximate surface area is 96.3 Å². The van der Waals surface area contributed by atoms with Crippen molar-refractivity contribution in [1.82, 2.24) is 5.32 Å². The number of hydrogen-bond donors (Lipinski definition) is 2. The molecular formula is C12H18ClNO. The first-order chi connectivity index (χ1) is 7.08. The fourth-order valence-electron chi connectivity index (χ4n) is 1.42. The first-order valence-corrected chi connectivity index (χ1v) is 5.61. The zero-order chi connectivity index (χ0) is 11.3. The summed E-state index contributed by atoms with van der Waals surface area (Å²) in [6, 6.07) is 8.23. The highest BCUT2D eigenvalue weighted by Crippen LogP contribution is 2.10. The van der Waals surface area contributed by atoms with Crippen LogP contribution in [0.5, 0.6) is 0 Å². The molecule has 0 aliphatic heterocycles. The number of benzene rings is 1. The van der Waals surface area contributed by atoms with Crippen LogP contribution in [0.15, 0.2) is 24.3 Å². The van der Waals surface area contributed by atoms with E-state index in [1.807, 2.05) is 24.3 Å². The third-order valence-electron chi connectivity index (χ3n) is 2.22. The standard InChI is InChI=1S/C12H18ClNO/c1-9(14-8-10(2)15)7-11-3-5-12(13)6-4-11/h3-6,9-10,14-15H,7-8H2,1-2H3/t9-,10-/m0/s1. The zero-order valence-electron chi connectivity index (χ0n) is 9.20. The highest BCUT2D eigenvalue weighted by Gasteiger charge is 2.04. The molecule has 0 aliphatic rings. The first kappa shape index (κ1) is 12.5. The van der Waals surface area contributed by atoms with Gasteiger partial charge in [-0.3, -0.25) is 0 Å². The Morgan fingerprint density at radius 1 is 1.27 bits per heavy atom. The molecule has 1 aromatic carbocycles. The normalized spacial score (nSPS) is 14.9. The summed E-state index contributed by atoms with van der Waals surface area (Å²) in [6.07, 6.45) is 0.654. The second-order valence-electron chi connectivity index (χ2n) is 3.99. The molecule has 15 heavy (non-hydrogen) atoms. The summed E-state index contributed by atoms with van der Waals surface area (Å²) in [5, 5.41) is 13.2. The SMILES string of the molecule is C[C@H](O)CN[C@@H](C)Cc1ccc(Cl)cc1. The molecule has 1 aromatic rings. The fourth-order valence-corrected chi connectivity index (χ4v) is 1.54. The van der Waals surface area contributed by atoms with E-state index in [0.717, 1.165) is 11.4 Å². The van der Waals surface area contributed by atoms with Crippen molar-refractivity contribution in [2.45, 2.75) is 32.4 Å². The van der Waals surface area contributed by atoms with E-state index in [1.54, 1.807) is 6.92 Å². The molecule has 84 valence electrons. The van der Waals surface area contributed by atoms with Crippen LogP contribution in [-0.4, -0.2) is 23.8 Å². The summed E-state index contributed by atoms with van der Waals surface area (Å²) in [7, 11) is 0. The Bertz CT molecular complexity index is 284. The molecule has 0 radical (unpaired) electrons. The molecule has 2 atom stereocenters. The molecule has 0 aliphatic carbocycles. The van der Waals surface area contributed by atoms with E-state index in [-0.39, 0.29) is 6.10 Å². The predicted molar refractivity (Wildman–Crippen MR) is 64.3 cm³/mol. The summed E-state index contributed by atoms with van der Waals surface area (Å²) in [4.78, 5) is 0. The summed E-state index contributed by atoms with van der Waals surface area (Å²) in [6.45, 7) is 4.52. The summed E-state index contributed by atoms with van der Waals surface area (Å²) < 4.78 is 0. The van der Waals surface area contributed by atoms with Crippen LogP contribution in [0.25, 0.3) is 0 Å². The van der Waals surface area contributed by atoms with Crippen molar-refractivity contribution < 1.29 is 5.11 Å². The van der Waals surface area contributed by atoms with Crippen LogP contribution in [-0.2, 0) is 6.42 Å². The number of hydrogen-bond acceptors (Lipinski definition) is 2. The first-order valence-electron chi connectivity index (χ1n) is 5.24. The van der Waals surface area contributed by atoms with Gasteiger partial charge in [0.25, 0.3) is 0 Å². The molecule has 0 unspecified atom stereocenters. The molecule has 0 aromatic heterocycles. The van der Waals surface area contributed by atoms with E-state index in [9.17, 15) is 0 Å². The van der Waals surface area contributed by atoms with Crippen LogP contribution in [0.4, 0.5) is 0 Å². The minimum absolute atomic E-state index is 0.294. The predicted octanol–water partition coefficient (Wildman–Crippen LogP) is 2.24. The highest BCUT2D eigenvalue weighted by atomic mass is 35.5. The van der Waals surface area contributed by atoms with Gasteiger partial charge >= 0.3 is 0 Å². The number of halogens is 1. The van der Waals surface area contributed by atoms with Crippen LogP contribution >= 0.6 is 11.6 Å². The lowest BCUT2D eigenvalue weighted by atomic mass is 10.1. The van der Waals surface area contributed by atoms with Crippen LogP contribution in [0.1, 0.15) is 19.4 Å². The molecular weight excluding hydrogens is 210 g/mol. The smallest absolute Gasteiger partial charge is 0.0636 e. The van der Waals surface area contributed by atoms with Gasteiger partial charge in [-0.25, -0.2) is 0 Å². The topological polar surface area (TPSA) is 32.3 Å². The molecule has 0 saturated heterocycles. The minimum Gasteiger partial charge on any atom is -0.392 e. The van der Waals surface area contributed by atoms with Gasteiger partial charge in [-0.1, -0.05) is 23.7 Å². The Morgan fingerprint density at radius 2 is 1.87 bits per heavy atom. The number of nitrogens with one attached hydrogen (secondary N) is 1. The van der Waals surface area contributed by atoms with Crippen molar-refractivity contribution in [2.24, 2.45) is 0 Å². The third kappa shape index (κ3) is 5.17. The molecule has 0 spiro atoms. The van der Waals surface area contributed by atoms with Gasteiger partial charge in [-0.05, 0) is 38.0 Å². The van der Waals surface area contributed by atoms with E-state index in [2.05, 4.69) is 12.2 Å². The van der Waals surface area contributed by atoms with Gasteiger partial charge in [0.1, 0.15) is 0 Å². The van der Waals surface area contributed by atoms with Crippen LogP contribution in [0.3, 0.4) is 0 Å². The van der Waals surface area contributed by atoms with E-state index in [0.29, 0.717) is 12.6 Å². The van der Waals surface area contributed by atoms with Crippen molar-refractivity contribution in [3.63, 3.8) is 0 Å². The van der Waals surface area contributed by atoms with Crippen LogP contribution in [0.2, 0.25) is 5.02 Å². The van der Waals surface area contributed by atoms with Crippen molar-refractivity contribution in [1.29, 1.82) is 0 Å². The number of aliphatic hydroxyl groups excluding tert-OH is 1. The minimum atomic E-state index is -0.294. The van der Waals surface area contributed by atoms with Gasteiger partial charge < -0.3 is 10.4 Å². The molecule has 2 N–H and O–H groups in total. The largest absolute Gasteiger partial charge is 0.392 e. The Balaban J connectivity index is 2.37. The molecule has 0 fully saturated rings. The Morgan fingerprint density at radius 3 is 2.40 bits per heavy atom. The van der Waals surface area contributed by atoms with Gasteiger partial charge in [0.05, 0.1) is 6.10 Å². The summed E-state index contributed by atoms with van der Waals surface area (Å²) in [5.74, 6) is 0. The van der Waals surface area contributed by atoms with Crippen LogP contribution in [0, 0.1) is 0 Å². The van der Waals surface area contributed by atoms with Crippen molar-refractivity contribution in [2.75, 3.05) is 6.54 Å². The number of aliphatic hydroxyl groups is 1. The summed E-state index contributed by atoms with van der Waals surface area (Å²) in [5.41, 5.74) is 1.25.